The quantitative estimate of drug-likeness (QED) is 0.420. The van der Waals surface area contributed by atoms with Crippen LogP contribution in [0.2, 0.25) is 0 Å². The lowest BCUT2D eigenvalue weighted by Gasteiger charge is -2.43. The summed E-state index contributed by atoms with van der Waals surface area (Å²) in [5, 5.41) is 5.21. The lowest BCUT2D eigenvalue weighted by atomic mass is 9.81. The van der Waals surface area contributed by atoms with Gasteiger partial charge in [0.1, 0.15) is 6.10 Å². The zero-order valence-electron chi connectivity index (χ0n) is 18.5. The minimum atomic E-state index is 0.0685. The van der Waals surface area contributed by atoms with Crippen LogP contribution in [0.15, 0.2) is 4.99 Å². The summed E-state index contributed by atoms with van der Waals surface area (Å²) in [6.45, 7) is 12.8. The van der Waals surface area contributed by atoms with E-state index < -0.39 is 0 Å². The molecule has 2 rings (SSSR count). The van der Waals surface area contributed by atoms with E-state index >= 15 is 0 Å². The summed E-state index contributed by atoms with van der Waals surface area (Å²) in [5.41, 5.74) is 0. The number of nitrogens with zero attached hydrogens (tertiary/aromatic N) is 1. The Hall–Kier alpha value is -0.300. The summed E-state index contributed by atoms with van der Waals surface area (Å²) in [6, 6.07) is 0.283. The molecule has 1 heterocycles. The normalized spacial score (nSPS) is 31.1. The van der Waals surface area contributed by atoms with Gasteiger partial charge in [-0.1, -0.05) is 51.8 Å². The number of ether oxygens (including phenoxy) is 3. The van der Waals surface area contributed by atoms with Gasteiger partial charge in [-0.05, 0) is 32.6 Å². The third-order valence-electron chi connectivity index (χ3n) is 5.52. The van der Waals surface area contributed by atoms with E-state index in [1.165, 1.54) is 6.42 Å². The number of hydrogen-bond donors (Lipinski definition) is 1. The predicted molar refractivity (Wildman–Crippen MR) is 119 cm³/mol. The van der Waals surface area contributed by atoms with Crippen molar-refractivity contribution < 1.29 is 14.2 Å². The van der Waals surface area contributed by atoms with Gasteiger partial charge >= 0.3 is 0 Å². The highest BCUT2D eigenvalue weighted by atomic mass is 32.2. The van der Waals surface area contributed by atoms with Gasteiger partial charge in [-0.3, -0.25) is 4.99 Å². The number of thioether (sulfide) groups is 1. The van der Waals surface area contributed by atoms with E-state index in [-0.39, 0.29) is 18.2 Å². The smallest absolute Gasteiger partial charge is 0.157 e. The first kappa shape index (κ1) is 24.0. The van der Waals surface area contributed by atoms with Crippen molar-refractivity contribution in [1.29, 1.82) is 0 Å². The van der Waals surface area contributed by atoms with Crippen molar-refractivity contribution >= 4 is 16.9 Å². The second-order valence-corrected chi connectivity index (χ2v) is 9.14. The molecule has 1 saturated heterocycles. The monoisotopic (exact) mass is 414 g/mol. The van der Waals surface area contributed by atoms with Crippen LogP contribution in [-0.4, -0.2) is 61.6 Å². The molecule has 0 unspecified atom stereocenters. The Labute approximate surface area is 176 Å². The van der Waals surface area contributed by atoms with Crippen LogP contribution >= 0.6 is 11.8 Å². The van der Waals surface area contributed by atoms with Gasteiger partial charge in [0.2, 0.25) is 0 Å². The fourth-order valence-corrected chi connectivity index (χ4v) is 5.31. The van der Waals surface area contributed by atoms with Gasteiger partial charge in [0.25, 0.3) is 0 Å². The fourth-order valence-electron chi connectivity index (χ4n) is 3.91. The van der Waals surface area contributed by atoms with Gasteiger partial charge in [-0.25, -0.2) is 0 Å². The Morgan fingerprint density at radius 3 is 2.21 bits per heavy atom. The minimum absolute atomic E-state index is 0.0685. The minimum Gasteiger partial charge on any atom is -0.381 e. The van der Waals surface area contributed by atoms with E-state index in [0.29, 0.717) is 11.2 Å². The first-order valence-electron chi connectivity index (χ1n) is 11.5. The molecule has 0 aromatic heterocycles. The number of amidine groups is 1. The molecule has 5 atom stereocenters. The molecule has 0 bridgehead atoms. The Morgan fingerprint density at radius 2 is 1.57 bits per heavy atom. The van der Waals surface area contributed by atoms with Crippen LogP contribution in [0.25, 0.3) is 0 Å². The summed E-state index contributed by atoms with van der Waals surface area (Å²) in [4.78, 5) is 4.63. The molecule has 1 N–H and O–H groups in total. The van der Waals surface area contributed by atoms with Crippen molar-refractivity contribution in [2.24, 2.45) is 10.9 Å². The Morgan fingerprint density at radius 1 is 0.929 bits per heavy atom. The van der Waals surface area contributed by atoms with Crippen LogP contribution < -0.4 is 5.32 Å². The van der Waals surface area contributed by atoms with E-state index in [2.05, 4.69) is 38.0 Å². The molecule has 2 aliphatic rings. The highest BCUT2D eigenvalue weighted by Crippen LogP contribution is 2.40. The average molecular weight is 415 g/mol. The molecule has 0 radical (unpaired) electrons. The lowest BCUT2D eigenvalue weighted by molar-refractivity contribution is -0.137. The molecule has 164 valence electrons. The number of rotatable bonds is 14. The van der Waals surface area contributed by atoms with Crippen LogP contribution in [0, 0.1) is 5.92 Å². The van der Waals surface area contributed by atoms with Crippen molar-refractivity contribution in [2.45, 2.75) is 96.1 Å². The van der Waals surface area contributed by atoms with Crippen molar-refractivity contribution in [2.75, 3.05) is 33.0 Å². The molecule has 0 aromatic carbocycles. The molecule has 28 heavy (non-hydrogen) atoms. The summed E-state index contributed by atoms with van der Waals surface area (Å²) in [7, 11) is 0. The van der Waals surface area contributed by atoms with Gasteiger partial charge in [-0.15, -0.1) is 0 Å². The van der Waals surface area contributed by atoms with E-state index in [1.54, 1.807) is 0 Å². The number of fused-ring (bicyclic) bond motifs is 1. The second kappa shape index (κ2) is 13.8. The zero-order chi connectivity index (χ0) is 20.2. The van der Waals surface area contributed by atoms with Crippen molar-refractivity contribution in [3.8, 4) is 0 Å². The van der Waals surface area contributed by atoms with Crippen LogP contribution in [0.4, 0.5) is 0 Å². The average Bonchev–Trinajstić information content (AvgIpc) is 3.09. The van der Waals surface area contributed by atoms with Gasteiger partial charge in [0.15, 0.2) is 5.17 Å². The maximum Gasteiger partial charge on any atom is 0.157 e. The summed E-state index contributed by atoms with van der Waals surface area (Å²) in [5.74, 6) is 0.386. The first-order chi connectivity index (χ1) is 13.7. The van der Waals surface area contributed by atoms with Crippen molar-refractivity contribution in [3.63, 3.8) is 0 Å². The van der Waals surface area contributed by atoms with Crippen LogP contribution in [0.1, 0.15) is 72.6 Å². The van der Waals surface area contributed by atoms with E-state index in [1.807, 2.05) is 11.8 Å². The van der Waals surface area contributed by atoms with Crippen molar-refractivity contribution in [1.82, 2.24) is 5.32 Å². The van der Waals surface area contributed by atoms with Gasteiger partial charge in [-0.2, -0.15) is 0 Å². The molecule has 0 aromatic rings. The van der Waals surface area contributed by atoms with Crippen LogP contribution in [0.5, 0.6) is 0 Å². The summed E-state index contributed by atoms with van der Waals surface area (Å²) >= 11 is 1.89. The maximum absolute atomic E-state index is 6.45. The molecule has 5 nitrogen and oxygen atoms in total. The standard InChI is InChI=1S/C22H42N2O3S/c1-5-9-12-25-16-17-15-18-19(24-22(28-18)23-8-4)21(27-14-11-7-3)20(17)26-13-10-6-2/h17-21H,5-16H2,1-4H3,(H,23,24)/t17-,18+,19+,20-,21-/m1/s1. The number of unbranched alkanes of at least 4 members (excludes halogenated alkanes) is 3. The van der Waals surface area contributed by atoms with Gasteiger partial charge in [0, 0.05) is 37.5 Å². The summed E-state index contributed by atoms with van der Waals surface area (Å²) < 4.78 is 19.0. The summed E-state index contributed by atoms with van der Waals surface area (Å²) in [6.07, 6.45) is 8.05. The van der Waals surface area contributed by atoms with Crippen LogP contribution in [-0.2, 0) is 14.2 Å². The molecular weight excluding hydrogens is 372 g/mol. The largest absolute Gasteiger partial charge is 0.381 e. The van der Waals surface area contributed by atoms with E-state index in [9.17, 15) is 0 Å². The molecule has 0 spiro atoms. The highest BCUT2D eigenvalue weighted by Gasteiger charge is 2.50. The SMILES string of the molecule is CCCCOC[C@H]1C[C@@H]2SC(=NCC)N[C@@H]2[C@@H](OCCCC)[C@@H]1OCCCC. The highest BCUT2D eigenvalue weighted by molar-refractivity contribution is 8.14. The van der Waals surface area contributed by atoms with Gasteiger partial charge < -0.3 is 19.5 Å². The molecule has 2 fully saturated rings. The third-order valence-corrected chi connectivity index (χ3v) is 6.78. The first-order valence-corrected chi connectivity index (χ1v) is 12.4. The third kappa shape index (κ3) is 7.19. The molecule has 6 heteroatoms. The van der Waals surface area contributed by atoms with Crippen LogP contribution in [0.3, 0.4) is 0 Å². The van der Waals surface area contributed by atoms with Crippen molar-refractivity contribution in [3.05, 3.63) is 0 Å². The Bertz CT molecular complexity index is 449. The second-order valence-electron chi connectivity index (χ2n) is 7.91. The lowest BCUT2D eigenvalue weighted by Crippen LogP contribution is -2.58. The number of aliphatic imine (C=N–C) groups is 1. The van der Waals surface area contributed by atoms with E-state index in [0.717, 1.165) is 76.7 Å². The zero-order valence-corrected chi connectivity index (χ0v) is 19.3. The topological polar surface area (TPSA) is 52.1 Å². The molecule has 0 amide bonds. The molecule has 1 saturated carbocycles. The molecule has 1 aliphatic heterocycles. The number of hydrogen-bond acceptors (Lipinski definition) is 5. The maximum atomic E-state index is 6.45. The number of nitrogens with one attached hydrogen (secondary N) is 1. The molecule has 1 aliphatic carbocycles. The Kier molecular flexibility index (Phi) is 11.8. The van der Waals surface area contributed by atoms with Gasteiger partial charge in [0.05, 0.1) is 18.8 Å². The fraction of sp³-hybridized carbons (Fsp3) is 0.955. The van der Waals surface area contributed by atoms with E-state index in [4.69, 9.17) is 14.2 Å². The Balaban J connectivity index is 2.11. The molecular formula is C22H42N2O3S. The predicted octanol–water partition coefficient (Wildman–Crippen LogP) is 4.64.